The Morgan fingerprint density at radius 2 is 0.900 bits per heavy atom. The largest absolute Gasteiger partial charge is 0.329 e. The molecule has 0 spiro atoms. The fourth-order valence-corrected chi connectivity index (χ4v) is 5.12. The molecule has 4 aliphatic rings. The molecule has 0 aliphatic carbocycles. The molecule has 116 valence electrons. The van der Waals surface area contributed by atoms with Crippen molar-refractivity contribution >= 4 is 0 Å². The van der Waals surface area contributed by atoms with E-state index < -0.39 is 0 Å². The highest BCUT2D eigenvalue weighted by Gasteiger charge is 2.43. The molecule has 0 amide bonds. The highest BCUT2D eigenvalue weighted by molar-refractivity contribution is 5.01. The van der Waals surface area contributed by atoms with Gasteiger partial charge in [0, 0.05) is 24.2 Å². The predicted octanol–water partition coefficient (Wildman–Crippen LogP) is 1.15. The van der Waals surface area contributed by atoms with Crippen molar-refractivity contribution in [3.63, 3.8) is 0 Å². The highest BCUT2D eigenvalue weighted by Crippen LogP contribution is 2.38. The molecule has 0 aromatic rings. The molecule has 0 aromatic heterocycles. The van der Waals surface area contributed by atoms with Gasteiger partial charge in [0.05, 0.1) is 0 Å². The summed E-state index contributed by atoms with van der Waals surface area (Å²) in [5.41, 5.74) is 12.5. The molecule has 0 radical (unpaired) electrons. The van der Waals surface area contributed by atoms with E-state index in [-0.39, 0.29) is 0 Å². The Morgan fingerprint density at radius 3 is 1.10 bits per heavy atom. The Bertz CT molecular complexity index is 278. The summed E-state index contributed by atoms with van der Waals surface area (Å²) in [4.78, 5) is 5.18. The number of fused-ring (bicyclic) bond motifs is 2. The average Bonchev–Trinajstić information content (AvgIpc) is 3.18. The van der Waals surface area contributed by atoms with Crippen molar-refractivity contribution in [2.45, 2.75) is 62.4 Å². The molecule has 0 atom stereocenters. The van der Waals surface area contributed by atoms with Crippen molar-refractivity contribution in [1.82, 2.24) is 9.80 Å². The lowest BCUT2D eigenvalue weighted by Crippen LogP contribution is -2.44. The second-order valence-corrected chi connectivity index (χ2v) is 7.25. The Labute approximate surface area is 123 Å². The quantitative estimate of drug-likeness (QED) is 0.796. The lowest BCUT2D eigenvalue weighted by atomic mass is 9.95. The fourth-order valence-electron chi connectivity index (χ4n) is 5.12. The van der Waals surface area contributed by atoms with Crippen LogP contribution < -0.4 is 11.5 Å². The van der Waals surface area contributed by atoms with E-state index in [9.17, 15) is 0 Å². The van der Waals surface area contributed by atoms with Gasteiger partial charge in [-0.2, -0.15) is 0 Å². The molecule has 4 nitrogen and oxygen atoms in total. The number of rotatable bonds is 2. The molecule has 0 saturated carbocycles. The van der Waals surface area contributed by atoms with Crippen LogP contribution in [0.4, 0.5) is 0 Å². The summed E-state index contributed by atoms with van der Waals surface area (Å²) in [5, 5.41) is 0. The van der Waals surface area contributed by atoms with E-state index in [2.05, 4.69) is 9.80 Å². The van der Waals surface area contributed by atoms with E-state index in [0.29, 0.717) is 11.1 Å². The minimum absolute atomic E-state index is 0.458. The third kappa shape index (κ3) is 2.41. The number of hydrogen-bond donors (Lipinski definition) is 2. The van der Waals surface area contributed by atoms with Gasteiger partial charge in [-0.25, -0.2) is 0 Å². The Morgan fingerprint density at radius 1 is 0.600 bits per heavy atom. The first-order chi connectivity index (χ1) is 9.75. The van der Waals surface area contributed by atoms with Crippen LogP contribution in [0, 0.1) is 0 Å². The summed E-state index contributed by atoms with van der Waals surface area (Å²) in [6, 6.07) is 0. The van der Waals surface area contributed by atoms with Gasteiger partial charge in [-0.3, -0.25) is 9.80 Å². The van der Waals surface area contributed by atoms with Crippen LogP contribution in [0.3, 0.4) is 0 Å². The summed E-state index contributed by atoms with van der Waals surface area (Å²) in [6.45, 7) is 6.98. The summed E-state index contributed by atoms with van der Waals surface area (Å²) >= 11 is 0. The molecule has 4 N–H and O–H groups in total. The molecule has 20 heavy (non-hydrogen) atoms. The van der Waals surface area contributed by atoms with Crippen LogP contribution in [0.1, 0.15) is 51.4 Å². The van der Waals surface area contributed by atoms with E-state index in [1.165, 1.54) is 77.5 Å². The number of nitrogens with zero attached hydrogens (tertiary/aromatic N) is 2. The molecule has 4 aliphatic heterocycles. The van der Waals surface area contributed by atoms with Crippen LogP contribution in [0.15, 0.2) is 0 Å². The van der Waals surface area contributed by atoms with Gasteiger partial charge in [-0.15, -0.1) is 0 Å². The normalized spacial score (nSPS) is 30.9. The van der Waals surface area contributed by atoms with Gasteiger partial charge < -0.3 is 11.5 Å². The van der Waals surface area contributed by atoms with E-state index in [1.54, 1.807) is 0 Å². The van der Waals surface area contributed by atoms with Gasteiger partial charge in [-0.05, 0) is 77.5 Å². The third-order valence-electron chi connectivity index (χ3n) is 6.38. The maximum atomic E-state index is 5.77. The van der Waals surface area contributed by atoms with E-state index >= 15 is 0 Å². The predicted molar refractivity (Wildman–Crippen MR) is 83.7 cm³/mol. The standard InChI is InChI=1S/2C8H16N2/c2*9-7-8-3-1-5-10(8)6-2-4-8/h2*1-7,9H2. The smallest absolute Gasteiger partial charge is 0.0332 e. The van der Waals surface area contributed by atoms with Crippen molar-refractivity contribution < 1.29 is 0 Å². The lowest BCUT2D eigenvalue weighted by Gasteiger charge is -2.30. The number of nitrogens with two attached hydrogens (primary N) is 2. The first-order valence-corrected chi connectivity index (χ1v) is 8.65. The summed E-state index contributed by atoms with van der Waals surface area (Å²) in [5.74, 6) is 0. The molecule has 0 bridgehead atoms. The molecule has 4 saturated heterocycles. The van der Waals surface area contributed by atoms with E-state index in [0.717, 1.165) is 13.1 Å². The highest BCUT2D eigenvalue weighted by atomic mass is 15.3. The van der Waals surface area contributed by atoms with Crippen LogP contribution in [0.5, 0.6) is 0 Å². The Kier molecular flexibility index (Phi) is 4.37. The van der Waals surface area contributed by atoms with Crippen LogP contribution in [-0.4, -0.2) is 60.1 Å². The first kappa shape index (κ1) is 14.8. The maximum Gasteiger partial charge on any atom is 0.0332 e. The van der Waals surface area contributed by atoms with E-state index in [4.69, 9.17) is 11.5 Å². The Balaban J connectivity index is 0.000000121. The summed E-state index contributed by atoms with van der Waals surface area (Å²) < 4.78 is 0. The molecule has 4 fully saturated rings. The van der Waals surface area contributed by atoms with Crippen molar-refractivity contribution in [3.05, 3.63) is 0 Å². The zero-order valence-electron chi connectivity index (χ0n) is 12.9. The van der Waals surface area contributed by atoms with Crippen molar-refractivity contribution in [2.75, 3.05) is 39.3 Å². The van der Waals surface area contributed by atoms with Gasteiger partial charge in [-0.1, -0.05) is 0 Å². The molecule has 0 unspecified atom stereocenters. The van der Waals surface area contributed by atoms with Gasteiger partial charge in [0.15, 0.2) is 0 Å². The zero-order chi connectivity index (χ0) is 14.1. The molecule has 4 heterocycles. The summed E-state index contributed by atoms with van der Waals surface area (Å²) in [6.07, 6.45) is 10.9. The molecule has 4 rings (SSSR count). The third-order valence-corrected chi connectivity index (χ3v) is 6.38. The minimum Gasteiger partial charge on any atom is -0.329 e. The van der Waals surface area contributed by atoms with Crippen LogP contribution in [0.25, 0.3) is 0 Å². The van der Waals surface area contributed by atoms with Crippen molar-refractivity contribution in [2.24, 2.45) is 11.5 Å². The maximum absolute atomic E-state index is 5.77. The SMILES string of the molecule is NCC12CCCN1CCC2.NCC12CCCN1CCC2. The number of hydrogen-bond acceptors (Lipinski definition) is 4. The minimum atomic E-state index is 0.458. The van der Waals surface area contributed by atoms with Crippen LogP contribution in [-0.2, 0) is 0 Å². The average molecular weight is 280 g/mol. The topological polar surface area (TPSA) is 58.5 Å². The van der Waals surface area contributed by atoms with Gasteiger partial charge >= 0.3 is 0 Å². The van der Waals surface area contributed by atoms with Crippen LogP contribution >= 0.6 is 0 Å². The monoisotopic (exact) mass is 280 g/mol. The van der Waals surface area contributed by atoms with Crippen molar-refractivity contribution in [1.29, 1.82) is 0 Å². The van der Waals surface area contributed by atoms with Crippen molar-refractivity contribution in [3.8, 4) is 0 Å². The van der Waals surface area contributed by atoms with E-state index in [1.807, 2.05) is 0 Å². The summed E-state index contributed by atoms with van der Waals surface area (Å²) in [7, 11) is 0. The Hall–Kier alpha value is -0.160. The molecule has 0 aromatic carbocycles. The van der Waals surface area contributed by atoms with Gasteiger partial charge in [0.25, 0.3) is 0 Å². The van der Waals surface area contributed by atoms with Gasteiger partial charge in [0.2, 0.25) is 0 Å². The van der Waals surface area contributed by atoms with Gasteiger partial charge in [0.1, 0.15) is 0 Å². The zero-order valence-corrected chi connectivity index (χ0v) is 12.9. The second kappa shape index (κ2) is 5.91. The fraction of sp³-hybridized carbons (Fsp3) is 1.00. The molecular formula is C16H32N4. The lowest BCUT2D eigenvalue weighted by molar-refractivity contribution is 0.204. The van der Waals surface area contributed by atoms with Crippen LogP contribution in [0.2, 0.25) is 0 Å². The molecule has 4 heteroatoms. The molecular weight excluding hydrogens is 248 g/mol. The second-order valence-electron chi connectivity index (χ2n) is 7.25. The first-order valence-electron chi connectivity index (χ1n) is 8.65.